The Labute approximate surface area is 160 Å². The molecule has 1 aliphatic heterocycles. The molecule has 3 aromatic rings. The van der Waals surface area contributed by atoms with Gasteiger partial charge in [0, 0.05) is 51.7 Å². The molecule has 1 fully saturated rings. The van der Waals surface area contributed by atoms with Crippen molar-refractivity contribution in [2.45, 2.75) is 0 Å². The highest BCUT2D eigenvalue weighted by Crippen LogP contribution is 2.34. The molecular weight excluding hydrogens is 368 g/mol. The van der Waals surface area contributed by atoms with Crippen molar-refractivity contribution < 1.29 is 4.74 Å². The molecule has 2 N–H and O–H groups in total. The molecule has 1 saturated heterocycles. The third kappa shape index (κ3) is 4.54. The molecule has 3 aromatic heterocycles. The molecule has 0 aliphatic carbocycles. The predicted octanol–water partition coefficient (Wildman–Crippen LogP) is 2.15. The number of aromatic nitrogens is 3. The highest BCUT2D eigenvalue weighted by molar-refractivity contribution is 7.26. The summed E-state index contributed by atoms with van der Waals surface area (Å²) >= 11 is 3.30. The van der Waals surface area contributed by atoms with Crippen LogP contribution in [0.1, 0.15) is 0 Å². The van der Waals surface area contributed by atoms with E-state index < -0.39 is 0 Å². The van der Waals surface area contributed by atoms with Crippen LogP contribution in [0, 0.1) is 0 Å². The van der Waals surface area contributed by atoms with E-state index >= 15 is 0 Å². The predicted molar refractivity (Wildman–Crippen MR) is 107 cm³/mol. The molecule has 0 bridgehead atoms. The first-order chi connectivity index (χ1) is 12.9. The summed E-state index contributed by atoms with van der Waals surface area (Å²) in [6.07, 6.45) is 5.53. The van der Waals surface area contributed by atoms with Gasteiger partial charge < -0.3 is 15.4 Å². The lowest BCUT2D eigenvalue weighted by Gasteiger charge is -2.26. The lowest BCUT2D eigenvalue weighted by Crippen LogP contribution is -2.40. The molecule has 0 amide bonds. The molecule has 0 atom stereocenters. The van der Waals surface area contributed by atoms with Crippen molar-refractivity contribution in [1.29, 1.82) is 0 Å². The van der Waals surface area contributed by atoms with E-state index in [1.807, 2.05) is 18.5 Å². The fraction of sp³-hybridized carbons (Fsp3) is 0.471. The van der Waals surface area contributed by atoms with Gasteiger partial charge in [0.05, 0.1) is 34.5 Å². The van der Waals surface area contributed by atoms with Crippen molar-refractivity contribution in [3.05, 3.63) is 24.7 Å². The zero-order valence-electron chi connectivity index (χ0n) is 14.5. The first-order valence-electron chi connectivity index (χ1n) is 8.80. The van der Waals surface area contributed by atoms with Crippen molar-refractivity contribution in [3.8, 4) is 9.88 Å². The average molecular weight is 391 g/mol. The summed E-state index contributed by atoms with van der Waals surface area (Å²) < 4.78 is 6.47. The van der Waals surface area contributed by atoms with E-state index in [4.69, 9.17) is 4.74 Å². The first-order valence-corrected chi connectivity index (χ1v) is 10.4. The second-order valence-electron chi connectivity index (χ2n) is 6.02. The molecule has 4 rings (SSSR count). The molecule has 7 nitrogen and oxygen atoms in total. The van der Waals surface area contributed by atoms with E-state index in [9.17, 15) is 0 Å². The summed E-state index contributed by atoms with van der Waals surface area (Å²) in [4.78, 5) is 16.8. The second-order valence-corrected chi connectivity index (χ2v) is 8.08. The Hall–Kier alpha value is -1.65. The van der Waals surface area contributed by atoms with E-state index in [-0.39, 0.29) is 0 Å². The van der Waals surface area contributed by atoms with Crippen LogP contribution in [0.2, 0.25) is 0 Å². The maximum Gasteiger partial charge on any atom is 0.183 e. The Morgan fingerprint density at radius 3 is 2.92 bits per heavy atom. The topological polar surface area (TPSA) is 75.2 Å². The van der Waals surface area contributed by atoms with Gasteiger partial charge in [0.1, 0.15) is 5.01 Å². The van der Waals surface area contributed by atoms with Crippen molar-refractivity contribution in [3.63, 3.8) is 0 Å². The number of hydrogen-bond donors (Lipinski definition) is 2. The number of morpholine rings is 1. The number of rotatable bonds is 8. The van der Waals surface area contributed by atoms with E-state index in [2.05, 4.69) is 30.5 Å². The lowest BCUT2D eigenvalue weighted by molar-refractivity contribution is 0.0385. The Balaban J connectivity index is 1.20. The highest BCUT2D eigenvalue weighted by atomic mass is 32.1. The van der Waals surface area contributed by atoms with Crippen molar-refractivity contribution in [2.75, 3.05) is 57.8 Å². The smallest absolute Gasteiger partial charge is 0.183 e. The molecule has 0 spiro atoms. The van der Waals surface area contributed by atoms with E-state index in [1.54, 1.807) is 28.9 Å². The van der Waals surface area contributed by atoms with Crippen molar-refractivity contribution in [2.24, 2.45) is 0 Å². The number of thiazole rings is 2. The minimum atomic E-state index is 0.860. The minimum absolute atomic E-state index is 0.860. The van der Waals surface area contributed by atoms with Crippen LogP contribution in [0.3, 0.4) is 0 Å². The molecule has 138 valence electrons. The van der Waals surface area contributed by atoms with E-state index in [1.165, 1.54) is 0 Å². The van der Waals surface area contributed by atoms with Crippen LogP contribution in [-0.4, -0.2) is 72.3 Å². The zero-order valence-corrected chi connectivity index (χ0v) is 16.1. The number of anilines is 1. The van der Waals surface area contributed by atoms with Crippen molar-refractivity contribution >= 4 is 38.0 Å². The van der Waals surface area contributed by atoms with E-state index in [0.29, 0.717) is 0 Å². The largest absolute Gasteiger partial charge is 0.379 e. The van der Waals surface area contributed by atoms with Crippen LogP contribution in [0.25, 0.3) is 20.1 Å². The van der Waals surface area contributed by atoms with Crippen LogP contribution >= 0.6 is 22.7 Å². The summed E-state index contributed by atoms with van der Waals surface area (Å²) in [5, 5.41) is 8.80. The molecule has 1 aliphatic rings. The first kappa shape index (κ1) is 17.7. The third-order valence-corrected chi connectivity index (χ3v) is 6.32. The second kappa shape index (κ2) is 8.83. The number of ether oxygens (including phenoxy) is 1. The standard InChI is InChI=1S/C17H22N6OS2/c1-2-19-11-14-13(1)22-16(25-14)15-12-21-17(26-15)20-4-3-18-5-6-23-7-9-24-10-8-23/h1-2,11-12,18H,3-10H2,(H,20,21). The van der Waals surface area contributed by atoms with Gasteiger partial charge in [0.25, 0.3) is 0 Å². The van der Waals surface area contributed by atoms with Crippen LogP contribution in [0.5, 0.6) is 0 Å². The Morgan fingerprint density at radius 1 is 1.12 bits per heavy atom. The van der Waals surface area contributed by atoms with Gasteiger partial charge in [0.2, 0.25) is 0 Å². The Morgan fingerprint density at radius 2 is 2.04 bits per heavy atom. The van der Waals surface area contributed by atoms with Crippen LogP contribution < -0.4 is 10.6 Å². The molecule has 4 heterocycles. The van der Waals surface area contributed by atoms with Gasteiger partial charge >= 0.3 is 0 Å². The summed E-state index contributed by atoms with van der Waals surface area (Å²) in [7, 11) is 0. The molecule has 0 radical (unpaired) electrons. The summed E-state index contributed by atoms with van der Waals surface area (Å²) in [6.45, 7) is 7.68. The van der Waals surface area contributed by atoms with Crippen molar-refractivity contribution in [1.82, 2.24) is 25.2 Å². The van der Waals surface area contributed by atoms with Crippen LogP contribution in [0.15, 0.2) is 24.7 Å². The van der Waals surface area contributed by atoms with Crippen LogP contribution in [-0.2, 0) is 4.74 Å². The highest BCUT2D eigenvalue weighted by Gasteiger charge is 2.10. The number of pyridine rings is 1. The normalized spacial score (nSPS) is 15.5. The maximum absolute atomic E-state index is 5.36. The Kier molecular flexibility index (Phi) is 6.03. The summed E-state index contributed by atoms with van der Waals surface area (Å²) in [5.74, 6) is 0. The molecule has 26 heavy (non-hydrogen) atoms. The quantitative estimate of drug-likeness (QED) is 0.571. The SMILES string of the molecule is c1cc2nc(-c3cnc(NCCNCCN4CCOCC4)s3)sc2cn1. The molecular formula is C17H22N6OS2. The van der Waals surface area contributed by atoms with Gasteiger partial charge in [-0.2, -0.15) is 0 Å². The van der Waals surface area contributed by atoms with Gasteiger partial charge in [-0.25, -0.2) is 9.97 Å². The van der Waals surface area contributed by atoms with Gasteiger partial charge in [-0.3, -0.25) is 9.88 Å². The van der Waals surface area contributed by atoms with Crippen LogP contribution in [0.4, 0.5) is 5.13 Å². The fourth-order valence-corrected chi connectivity index (χ4v) is 4.60. The monoisotopic (exact) mass is 390 g/mol. The van der Waals surface area contributed by atoms with Gasteiger partial charge in [-0.05, 0) is 6.07 Å². The van der Waals surface area contributed by atoms with Gasteiger partial charge in [0.15, 0.2) is 5.13 Å². The number of nitrogens with one attached hydrogen (secondary N) is 2. The molecule has 0 saturated carbocycles. The summed E-state index contributed by atoms with van der Waals surface area (Å²) in [5.41, 5.74) is 0.993. The average Bonchev–Trinajstić information content (AvgIpc) is 3.32. The van der Waals surface area contributed by atoms with Gasteiger partial charge in [-0.1, -0.05) is 11.3 Å². The zero-order chi connectivity index (χ0) is 17.6. The number of nitrogens with zero attached hydrogens (tertiary/aromatic N) is 4. The van der Waals surface area contributed by atoms with Gasteiger partial charge in [-0.15, -0.1) is 11.3 Å². The molecule has 9 heteroatoms. The Bertz CT molecular complexity index is 796. The third-order valence-electron chi connectivity index (χ3n) is 4.19. The number of hydrogen-bond acceptors (Lipinski definition) is 9. The molecule has 0 unspecified atom stereocenters. The maximum atomic E-state index is 5.36. The summed E-state index contributed by atoms with van der Waals surface area (Å²) in [6, 6.07) is 1.94. The lowest BCUT2D eigenvalue weighted by atomic mass is 10.4. The van der Waals surface area contributed by atoms with E-state index in [0.717, 1.165) is 77.7 Å². The minimum Gasteiger partial charge on any atom is -0.379 e. The molecule has 0 aromatic carbocycles. The number of fused-ring (bicyclic) bond motifs is 1. The fourth-order valence-electron chi connectivity index (χ4n) is 2.78.